The minimum atomic E-state index is -0.541. The average molecular weight is 384 g/mol. The number of hydrogen-bond donors (Lipinski definition) is 2. The molecule has 1 aliphatic rings. The molecule has 5 heteroatoms. The molecule has 1 heterocycles. The lowest BCUT2D eigenvalue weighted by molar-refractivity contribution is -0.116. The molecule has 0 unspecified atom stereocenters. The Morgan fingerprint density at radius 1 is 0.897 bits per heavy atom. The number of nitrogens with one attached hydrogen (secondary N) is 2. The topological polar surface area (TPSA) is 67.4 Å². The maximum Gasteiger partial charge on any atom is 0.253 e. The van der Waals surface area contributed by atoms with E-state index in [-0.39, 0.29) is 11.8 Å². The van der Waals surface area contributed by atoms with Crippen LogP contribution < -0.4 is 15.4 Å². The van der Waals surface area contributed by atoms with E-state index in [1.807, 2.05) is 48.5 Å². The molecule has 0 saturated carbocycles. The third-order valence-corrected chi connectivity index (χ3v) is 4.78. The molecule has 144 valence electrons. The number of benzene rings is 3. The van der Waals surface area contributed by atoms with E-state index in [0.717, 1.165) is 11.1 Å². The zero-order valence-corrected chi connectivity index (χ0v) is 15.7. The lowest BCUT2D eigenvalue weighted by Gasteiger charge is -2.27. The van der Waals surface area contributed by atoms with Crippen LogP contribution >= 0.6 is 0 Å². The van der Waals surface area contributed by atoms with Gasteiger partial charge in [-0.05, 0) is 24.3 Å². The molecule has 0 aliphatic carbocycles. The molecule has 0 atom stereocenters. The van der Waals surface area contributed by atoms with Crippen molar-refractivity contribution in [3.8, 4) is 11.5 Å². The highest BCUT2D eigenvalue weighted by Gasteiger charge is 2.32. The van der Waals surface area contributed by atoms with Crippen molar-refractivity contribution < 1.29 is 14.3 Å². The molecule has 29 heavy (non-hydrogen) atoms. The Labute approximate surface area is 169 Å². The molecule has 3 aromatic carbocycles. The molecule has 0 aromatic heterocycles. The summed E-state index contributed by atoms with van der Waals surface area (Å²) >= 11 is 0. The van der Waals surface area contributed by atoms with Crippen LogP contribution in [0.3, 0.4) is 0 Å². The summed E-state index contributed by atoms with van der Waals surface area (Å²) in [5.41, 5.74) is 2.44. The molecule has 0 radical (unpaired) electrons. The van der Waals surface area contributed by atoms with Crippen molar-refractivity contribution in [1.29, 1.82) is 0 Å². The van der Waals surface area contributed by atoms with Gasteiger partial charge in [-0.3, -0.25) is 9.59 Å². The Bertz CT molecular complexity index is 1050. The quantitative estimate of drug-likeness (QED) is 0.638. The van der Waals surface area contributed by atoms with Crippen LogP contribution in [0, 0.1) is 0 Å². The summed E-state index contributed by atoms with van der Waals surface area (Å²) in [5, 5.41) is 5.68. The van der Waals surface area contributed by atoms with E-state index < -0.39 is 5.92 Å². The third kappa shape index (κ3) is 3.62. The van der Waals surface area contributed by atoms with Crippen molar-refractivity contribution in [2.75, 3.05) is 11.9 Å². The van der Waals surface area contributed by atoms with Crippen LogP contribution in [0.2, 0.25) is 0 Å². The zero-order chi connectivity index (χ0) is 20.2. The fourth-order valence-corrected chi connectivity index (χ4v) is 3.45. The van der Waals surface area contributed by atoms with Gasteiger partial charge in [-0.1, -0.05) is 54.6 Å². The second-order valence-electron chi connectivity index (χ2n) is 6.64. The average Bonchev–Trinajstić information content (AvgIpc) is 2.76. The van der Waals surface area contributed by atoms with Gasteiger partial charge in [0, 0.05) is 17.7 Å². The number of anilines is 1. The Balaban J connectivity index is 1.69. The second kappa shape index (κ2) is 8.02. The van der Waals surface area contributed by atoms with E-state index in [4.69, 9.17) is 4.74 Å². The third-order valence-electron chi connectivity index (χ3n) is 4.78. The first-order valence-corrected chi connectivity index (χ1v) is 9.33. The van der Waals surface area contributed by atoms with Crippen LogP contribution in [-0.2, 0) is 4.79 Å². The van der Waals surface area contributed by atoms with E-state index in [2.05, 4.69) is 17.2 Å². The molecule has 3 aromatic rings. The highest BCUT2D eigenvalue weighted by atomic mass is 16.5. The molecule has 5 nitrogen and oxygen atoms in total. The van der Waals surface area contributed by atoms with E-state index >= 15 is 0 Å². The van der Waals surface area contributed by atoms with Gasteiger partial charge in [0.2, 0.25) is 5.91 Å². The number of amides is 2. The van der Waals surface area contributed by atoms with Crippen molar-refractivity contribution in [2.45, 2.75) is 5.92 Å². The van der Waals surface area contributed by atoms with Gasteiger partial charge in [-0.25, -0.2) is 0 Å². The highest BCUT2D eigenvalue weighted by Crippen LogP contribution is 2.44. The molecule has 2 amide bonds. The predicted molar refractivity (Wildman–Crippen MR) is 112 cm³/mol. The first-order valence-electron chi connectivity index (χ1n) is 9.33. The summed E-state index contributed by atoms with van der Waals surface area (Å²) in [6, 6.07) is 21.9. The maximum atomic E-state index is 13.4. The summed E-state index contributed by atoms with van der Waals surface area (Å²) in [7, 11) is 0. The molecule has 1 aliphatic heterocycles. The standard InChI is InChI=1S/C24H20N2O3/c1-2-15-25-23(27)16-9-3-6-12-19(16)26-24(28)22-17-10-4-7-13-20(17)29-21-14-8-5-11-18(21)22/h2-14,22H,1,15H2,(H,25,27)(H,26,28). The van der Waals surface area contributed by atoms with Gasteiger partial charge in [0.1, 0.15) is 11.5 Å². The predicted octanol–water partition coefficient (Wildman–Crippen LogP) is 4.48. The molecule has 4 rings (SSSR count). The molecule has 0 bridgehead atoms. The minimum Gasteiger partial charge on any atom is -0.457 e. The highest BCUT2D eigenvalue weighted by molar-refractivity contribution is 6.06. The summed E-state index contributed by atoms with van der Waals surface area (Å²) in [5.74, 6) is 0.276. The van der Waals surface area contributed by atoms with Gasteiger partial charge in [-0.2, -0.15) is 0 Å². The van der Waals surface area contributed by atoms with Gasteiger partial charge in [0.05, 0.1) is 17.2 Å². The molecule has 2 N–H and O–H groups in total. The number of fused-ring (bicyclic) bond motifs is 2. The van der Waals surface area contributed by atoms with Crippen molar-refractivity contribution in [3.63, 3.8) is 0 Å². The van der Waals surface area contributed by atoms with Gasteiger partial charge >= 0.3 is 0 Å². The molecular weight excluding hydrogens is 364 g/mol. The fourth-order valence-electron chi connectivity index (χ4n) is 3.45. The molecular formula is C24H20N2O3. The molecule has 0 fully saturated rings. The van der Waals surface area contributed by atoms with Crippen LogP contribution in [0.15, 0.2) is 85.5 Å². The number of carbonyl (C=O) groups excluding carboxylic acids is 2. The lowest BCUT2D eigenvalue weighted by Crippen LogP contribution is -2.28. The Morgan fingerprint density at radius 3 is 2.14 bits per heavy atom. The Kier molecular flexibility index (Phi) is 5.12. The van der Waals surface area contributed by atoms with Crippen molar-refractivity contribution >= 4 is 17.5 Å². The number of carbonyl (C=O) groups is 2. The Morgan fingerprint density at radius 2 is 1.48 bits per heavy atom. The largest absolute Gasteiger partial charge is 0.457 e. The summed E-state index contributed by atoms with van der Waals surface area (Å²) in [6.45, 7) is 3.95. The monoisotopic (exact) mass is 384 g/mol. The maximum absolute atomic E-state index is 13.4. The van der Waals surface area contributed by atoms with E-state index in [1.54, 1.807) is 30.3 Å². The number of hydrogen-bond acceptors (Lipinski definition) is 3. The van der Waals surface area contributed by atoms with Gasteiger partial charge in [-0.15, -0.1) is 6.58 Å². The molecule has 0 saturated heterocycles. The second-order valence-corrected chi connectivity index (χ2v) is 6.64. The Hall–Kier alpha value is -3.86. The van der Waals surface area contributed by atoms with Crippen molar-refractivity contribution in [2.24, 2.45) is 0 Å². The van der Waals surface area contributed by atoms with Crippen molar-refractivity contribution in [1.82, 2.24) is 5.32 Å². The first-order chi connectivity index (χ1) is 14.2. The van der Waals surface area contributed by atoms with Crippen molar-refractivity contribution in [3.05, 3.63) is 102 Å². The number of para-hydroxylation sites is 3. The van der Waals surface area contributed by atoms with E-state index in [1.165, 1.54) is 0 Å². The normalized spacial score (nSPS) is 12.1. The van der Waals surface area contributed by atoms with Crippen LogP contribution in [-0.4, -0.2) is 18.4 Å². The van der Waals surface area contributed by atoms with Gasteiger partial charge in [0.15, 0.2) is 0 Å². The van der Waals surface area contributed by atoms with Crippen LogP contribution in [0.5, 0.6) is 11.5 Å². The van der Waals surface area contributed by atoms with Crippen LogP contribution in [0.4, 0.5) is 5.69 Å². The molecule has 0 spiro atoms. The summed E-state index contributed by atoms with van der Waals surface area (Å²) < 4.78 is 5.96. The van der Waals surface area contributed by atoms with Gasteiger partial charge < -0.3 is 15.4 Å². The van der Waals surface area contributed by atoms with Gasteiger partial charge in [0.25, 0.3) is 5.91 Å². The minimum absolute atomic E-state index is 0.225. The smallest absolute Gasteiger partial charge is 0.253 e. The number of rotatable bonds is 5. The first kappa shape index (κ1) is 18.5. The SMILES string of the molecule is C=CCNC(=O)c1ccccc1NC(=O)C1c2ccccc2Oc2ccccc21. The van der Waals surface area contributed by atoms with E-state index in [9.17, 15) is 9.59 Å². The van der Waals surface area contributed by atoms with E-state index in [0.29, 0.717) is 29.3 Å². The zero-order valence-electron chi connectivity index (χ0n) is 15.7. The lowest BCUT2D eigenvalue weighted by atomic mass is 9.87. The van der Waals surface area contributed by atoms with Crippen LogP contribution in [0.1, 0.15) is 27.4 Å². The summed E-state index contributed by atoms with van der Waals surface area (Å²) in [4.78, 5) is 25.8. The fraction of sp³-hybridized carbons (Fsp3) is 0.0833. The number of ether oxygens (including phenoxy) is 1. The summed E-state index contributed by atoms with van der Waals surface area (Å²) in [6.07, 6.45) is 1.61. The van der Waals surface area contributed by atoms with Crippen LogP contribution in [0.25, 0.3) is 0 Å².